The molecule has 2 aromatic rings. The lowest BCUT2D eigenvalue weighted by Gasteiger charge is -2.30. The van der Waals surface area contributed by atoms with Gasteiger partial charge in [-0.15, -0.1) is 0 Å². The zero-order valence-electron chi connectivity index (χ0n) is 20.4. The third-order valence-corrected chi connectivity index (χ3v) is 8.10. The average Bonchev–Trinajstić information content (AvgIpc) is 3.29. The Bertz CT molecular complexity index is 1110. The van der Waals surface area contributed by atoms with Gasteiger partial charge in [0.1, 0.15) is 12.2 Å². The molecule has 2 fully saturated rings. The van der Waals surface area contributed by atoms with E-state index < -0.39 is 52.1 Å². The first-order valence-corrected chi connectivity index (χ1v) is 13.3. The smallest absolute Gasteiger partial charge is 0.305 e. The molecule has 0 unspecified atom stereocenters. The second kappa shape index (κ2) is 10.4. The molecule has 5 atom stereocenters. The van der Waals surface area contributed by atoms with E-state index in [2.05, 4.69) is 0 Å². The standard InChI is InChI=1S/C26H32O8S/c1-17-10-12-20(13-11-17)35(28,29)16-19(14-21(27)30-4)22-23(31-15-18-8-6-5-7-9-18)24-25(32-22)34-26(2,3)33-24/h5-13,19,22-25H,14-16H2,1-4H3/t19-,22+,23+,24+,25+/m0/s1. The minimum absolute atomic E-state index is 0.152. The number of esters is 1. The molecule has 2 aliphatic heterocycles. The number of hydrogen-bond acceptors (Lipinski definition) is 8. The van der Waals surface area contributed by atoms with Crippen LogP contribution in [0, 0.1) is 12.8 Å². The normalized spacial score (nSPS) is 26.3. The summed E-state index contributed by atoms with van der Waals surface area (Å²) >= 11 is 0. The highest BCUT2D eigenvalue weighted by Crippen LogP contribution is 2.42. The first kappa shape index (κ1) is 25.8. The van der Waals surface area contributed by atoms with Crippen molar-refractivity contribution in [3.05, 3.63) is 65.7 Å². The van der Waals surface area contributed by atoms with Crippen LogP contribution in [-0.4, -0.2) is 57.6 Å². The number of ether oxygens (including phenoxy) is 5. The molecule has 0 radical (unpaired) electrons. The number of carbonyl (C=O) groups excluding carboxylic acids is 1. The molecule has 0 aromatic heterocycles. The van der Waals surface area contributed by atoms with Crippen molar-refractivity contribution in [2.45, 2.75) is 69.1 Å². The van der Waals surface area contributed by atoms with Gasteiger partial charge in [-0.3, -0.25) is 4.79 Å². The number of rotatable bonds is 9. The van der Waals surface area contributed by atoms with Gasteiger partial charge in [0.15, 0.2) is 21.9 Å². The van der Waals surface area contributed by atoms with Gasteiger partial charge in [0.05, 0.1) is 36.9 Å². The first-order chi connectivity index (χ1) is 16.6. The van der Waals surface area contributed by atoms with Gasteiger partial charge in [0.2, 0.25) is 0 Å². The largest absolute Gasteiger partial charge is 0.469 e. The number of methoxy groups -OCH3 is 1. The number of sulfone groups is 1. The predicted molar refractivity (Wildman–Crippen MR) is 127 cm³/mol. The number of benzene rings is 2. The number of hydrogen-bond donors (Lipinski definition) is 0. The number of carbonyl (C=O) groups is 1. The van der Waals surface area contributed by atoms with Gasteiger partial charge in [-0.1, -0.05) is 48.0 Å². The summed E-state index contributed by atoms with van der Waals surface area (Å²) in [7, 11) is -2.46. The molecule has 2 aromatic carbocycles. The van der Waals surface area contributed by atoms with Crippen molar-refractivity contribution in [2.24, 2.45) is 5.92 Å². The molecule has 2 saturated heterocycles. The van der Waals surface area contributed by atoms with E-state index in [-0.39, 0.29) is 23.7 Å². The highest BCUT2D eigenvalue weighted by atomic mass is 32.2. The quantitative estimate of drug-likeness (QED) is 0.480. The molecule has 0 saturated carbocycles. The Morgan fingerprint density at radius 3 is 2.40 bits per heavy atom. The van der Waals surface area contributed by atoms with Crippen LogP contribution in [0.4, 0.5) is 0 Å². The number of fused-ring (bicyclic) bond motifs is 1. The van der Waals surface area contributed by atoms with Gasteiger partial charge in [0, 0.05) is 5.92 Å². The maximum Gasteiger partial charge on any atom is 0.305 e. The Labute approximate surface area is 206 Å². The highest BCUT2D eigenvalue weighted by molar-refractivity contribution is 7.91. The second-order valence-corrected chi connectivity index (χ2v) is 11.5. The van der Waals surface area contributed by atoms with E-state index in [4.69, 9.17) is 23.7 Å². The Morgan fingerprint density at radius 1 is 1.06 bits per heavy atom. The molecular weight excluding hydrogens is 472 g/mol. The van der Waals surface area contributed by atoms with Crippen molar-refractivity contribution in [3.8, 4) is 0 Å². The van der Waals surface area contributed by atoms with E-state index >= 15 is 0 Å². The van der Waals surface area contributed by atoms with Crippen LogP contribution in [0.5, 0.6) is 0 Å². The molecule has 2 aliphatic rings. The molecular formula is C26H32O8S. The Morgan fingerprint density at radius 2 is 1.74 bits per heavy atom. The summed E-state index contributed by atoms with van der Waals surface area (Å²) in [5.41, 5.74) is 1.90. The predicted octanol–water partition coefficient (Wildman–Crippen LogP) is 3.41. The lowest BCUT2D eigenvalue weighted by molar-refractivity contribution is -0.225. The summed E-state index contributed by atoms with van der Waals surface area (Å²) in [6, 6.07) is 16.2. The zero-order chi connectivity index (χ0) is 25.2. The Balaban J connectivity index is 1.61. The van der Waals surface area contributed by atoms with Crippen LogP contribution in [0.25, 0.3) is 0 Å². The summed E-state index contributed by atoms with van der Waals surface area (Å²) in [5, 5.41) is 0. The van der Waals surface area contributed by atoms with Gasteiger partial charge in [-0.05, 0) is 38.5 Å². The minimum Gasteiger partial charge on any atom is -0.469 e. The molecule has 0 bridgehead atoms. The molecule has 0 aliphatic carbocycles. The SMILES string of the molecule is COC(=O)C[C@@H](CS(=O)(=O)c1ccc(C)cc1)[C@H]1O[C@@H]2OC(C)(C)O[C@@H]2[C@@H]1OCc1ccccc1. The van der Waals surface area contributed by atoms with E-state index in [0.29, 0.717) is 0 Å². The van der Waals surface area contributed by atoms with Gasteiger partial charge < -0.3 is 23.7 Å². The molecule has 9 heteroatoms. The minimum atomic E-state index is -3.73. The van der Waals surface area contributed by atoms with Gasteiger partial charge in [-0.25, -0.2) is 8.42 Å². The van der Waals surface area contributed by atoms with E-state index in [0.717, 1.165) is 11.1 Å². The molecule has 8 nitrogen and oxygen atoms in total. The van der Waals surface area contributed by atoms with Gasteiger partial charge in [0.25, 0.3) is 0 Å². The Hall–Kier alpha value is -2.30. The van der Waals surface area contributed by atoms with Crippen molar-refractivity contribution in [3.63, 3.8) is 0 Å². The lowest BCUT2D eigenvalue weighted by atomic mass is 9.95. The van der Waals surface area contributed by atoms with Crippen molar-refractivity contribution in [2.75, 3.05) is 12.9 Å². The fourth-order valence-electron chi connectivity index (χ4n) is 4.53. The second-order valence-electron chi connectivity index (χ2n) is 9.47. The van der Waals surface area contributed by atoms with Gasteiger partial charge >= 0.3 is 5.97 Å². The summed E-state index contributed by atoms with van der Waals surface area (Å²) in [4.78, 5) is 12.5. The van der Waals surface area contributed by atoms with Crippen LogP contribution >= 0.6 is 0 Å². The van der Waals surface area contributed by atoms with Crippen molar-refractivity contribution in [1.29, 1.82) is 0 Å². The fourth-order valence-corrected chi connectivity index (χ4v) is 6.15. The van der Waals surface area contributed by atoms with Crippen molar-refractivity contribution >= 4 is 15.8 Å². The lowest BCUT2D eigenvalue weighted by Crippen LogP contribution is -2.43. The molecule has 0 N–H and O–H groups in total. The van der Waals surface area contributed by atoms with E-state index in [9.17, 15) is 13.2 Å². The topological polar surface area (TPSA) is 97.4 Å². The van der Waals surface area contributed by atoms with Crippen molar-refractivity contribution in [1.82, 2.24) is 0 Å². The summed E-state index contributed by atoms with van der Waals surface area (Å²) in [5.74, 6) is -2.46. The van der Waals surface area contributed by atoms with E-state index in [1.54, 1.807) is 38.1 Å². The molecule has 35 heavy (non-hydrogen) atoms. The number of aryl methyl sites for hydroxylation is 1. The molecule has 2 heterocycles. The van der Waals surface area contributed by atoms with Crippen LogP contribution in [0.3, 0.4) is 0 Å². The van der Waals surface area contributed by atoms with E-state index in [1.807, 2.05) is 37.3 Å². The van der Waals surface area contributed by atoms with Crippen LogP contribution in [0.15, 0.2) is 59.5 Å². The Kier molecular flexibility index (Phi) is 7.63. The van der Waals surface area contributed by atoms with E-state index in [1.165, 1.54) is 7.11 Å². The van der Waals surface area contributed by atoms with Crippen LogP contribution in [0.1, 0.15) is 31.4 Å². The van der Waals surface area contributed by atoms with Crippen molar-refractivity contribution < 1.29 is 36.9 Å². The van der Waals surface area contributed by atoms with Crippen LogP contribution < -0.4 is 0 Å². The molecule has 190 valence electrons. The monoisotopic (exact) mass is 504 g/mol. The summed E-state index contributed by atoms with van der Waals surface area (Å²) in [6.07, 6.45) is -2.87. The van der Waals surface area contributed by atoms with Crippen LogP contribution in [-0.2, 0) is 44.9 Å². The summed E-state index contributed by atoms with van der Waals surface area (Å²) < 4.78 is 55.9. The highest BCUT2D eigenvalue weighted by Gasteiger charge is 2.57. The fraction of sp³-hybridized carbons (Fsp3) is 0.500. The molecule has 4 rings (SSSR count). The van der Waals surface area contributed by atoms with Crippen LogP contribution in [0.2, 0.25) is 0 Å². The van der Waals surface area contributed by atoms with Gasteiger partial charge in [-0.2, -0.15) is 0 Å². The maximum atomic E-state index is 13.3. The maximum absolute atomic E-state index is 13.3. The first-order valence-electron chi connectivity index (χ1n) is 11.6. The third-order valence-electron chi connectivity index (χ3n) is 6.25. The average molecular weight is 505 g/mol. The summed E-state index contributed by atoms with van der Waals surface area (Å²) in [6.45, 7) is 5.73. The zero-order valence-corrected chi connectivity index (χ0v) is 21.2. The third kappa shape index (κ3) is 6.10. The molecule has 0 spiro atoms. The molecule has 0 amide bonds.